The summed E-state index contributed by atoms with van der Waals surface area (Å²) in [6, 6.07) is 9.02. The predicted molar refractivity (Wildman–Crippen MR) is 54.7 cm³/mol. The van der Waals surface area contributed by atoms with Crippen molar-refractivity contribution in [3.8, 4) is 11.4 Å². The summed E-state index contributed by atoms with van der Waals surface area (Å²) in [5, 5.41) is 13.5. The van der Waals surface area contributed by atoms with Gasteiger partial charge < -0.3 is 5.11 Å². The van der Waals surface area contributed by atoms with E-state index in [1.807, 2.05) is 36.7 Å². The van der Waals surface area contributed by atoms with Crippen molar-refractivity contribution >= 4 is 0 Å². The third-order valence-corrected chi connectivity index (χ3v) is 2.10. The molecule has 0 atom stereocenters. The molecular formula is C11H12N2O. The van der Waals surface area contributed by atoms with Crippen molar-refractivity contribution in [3.63, 3.8) is 0 Å². The zero-order chi connectivity index (χ0) is 10.1. The van der Waals surface area contributed by atoms with Gasteiger partial charge in [0.05, 0.1) is 11.4 Å². The van der Waals surface area contributed by atoms with Gasteiger partial charge in [0.1, 0.15) is 5.75 Å². The van der Waals surface area contributed by atoms with E-state index >= 15 is 0 Å². The van der Waals surface area contributed by atoms with Crippen molar-refractivity contribution in [2.75, 3.05) is 0 Å². The lowest BCUT2D eigenvalue weighted by molar-refractivity contribution is 0.475. The highest BCUT2D eigenvalue weighted by atomic mass is 16.3. The Kier molecular flexibility index (Phi) is 2.00. The first-order valence-corrected chi connectivity index (χ1v) is 4.49. The molecule has 2 rings (SSSR count). The van der Waals surface area contributed by atoms with Gasteiger partial charge in [0.2, 0.25) is 0 Å². The van der Waals surface area contributed by atoms with Crippen LogP contribution in [0.3, 0.4) is 0 Å². The Hall–Kier alpha value is -1.77. The van der Waals surface area contributed by atoms with Gasteiger partial charge in [-0.15, -0.1) is 0 Å². The summed E-state index contributed by atoms with van der Waals surface area (Å²) >= 11 is 0. The van der Waals surface area contributed by atoms with Crippen molar-refractivity contribution in [2.45, 2.75) is 13.8 Å². The van der Waals surface area contributed by atoms with Gasteiger partial charge in [0, 0.05) is 5.69 Å². The van der Waals surface area contributed by atoms with Crippen molar-refractivity contribution in [2.24, 2.45) is 0 Å². The first kappa shape index (κ1) is 8.81. The van der Waals surface area contributed by atoms with Gasteiger partial charge in [0.15, 0.2) is 0 Å². The summed E-state index contributed by atoms with van der Waals surface area (Å²) < 4.78 is 1.86. The molecule has 0 unspecified atom stereocenters. The summed E-state index contributed by atoms with van der Waals surface area (Å²) in [5.41, 5.74) is 3.05. The number of rotatable bonds is 1. The lowest BCUT2D eigenvalue weighted by atomic mass is 10.3. The minimum Gasteiger partial charge on any atom is -0.508 e. The number of nitrogens with zero attached hydrogens (tertiary/aromatic N) is 2. The Balaban J connectivity index is 2.49. The first-order chi connectivity index (χ1) is 6.66. The van der Waals surface area contributed by atoms with E-state index in [9.17, 15) is 0 Å². The van der Waals surface area contributed by atoms with Gasteiger partial charge in [-0.05, 0) is 44.2 Å². The van der Waals surface area contributed by atoms with Crippen LogP contribution in [0.5, 0.6) is 5.75 Å². The molecule has 0 radical (unpaired) electrons. The molecular weight excluding hydrogens is 176 g/mol. The molecule has 1 N–H and O–H groups in total. The fourth-order valence-corrected chi connectivity index (χ4v) is 1.48. The molecule has 0 saturated heterocycles. The van der Waals surface area contributed by atoms with Gasteiger partial charge in [-0.25, -0.2) is 4.68 Å². The SMILES string of the molecule is Cc1cc(C)n(-c2ccc(O)cc2)n1. The Morgan fingerprint density at radius 3 is 2.29 bits per heavy atom. The van der Waals surface area contributed by atoms with E-state index in [-0.39, 0.29) is 5.75 Å². The molecule has 1 heterocycles. The molecule has 72 valence electrons. The second-order valence-electron chi connectivity index (χ2n) is 3.36. The summed E-state index contributed by atoms with van der Waals surface area (Å²) in [6.07, 6.45) is 0. The second-order valence-corrected chi connectivity index (χ2v) is 3.36. The van der Waals surface area contributed by atoms with Crippen molar-refractivity contribution < 1.29 is 5.11 Å². The molecule has 0 spiro atoms. The topological polar surface area (TPSA) is 38.0 Å². The monoisotopic (exact) mass is 188 g/mol. The highest BCUT2D eigenvalue weighted by Gasteiger charge is 2.02. The van der Waals surface area contributed by atoms with E-state index in [1.54, 1.807) is 12.1 Å². The largest absolute Gasteiger partial charge is 0.508 e. The van der Waals surface area contributed by atoms with Crippen LogP contribution in [0.2, 0.25) is 0 Å². The number of hydrogen-bond donors (Lipinski definition) is 1. The van der Waals surface area contributed by atoms with Crippen LogP contribution in [-0.4, -0.2) is 14.9 Å². The van der Waals surface area contributed by atoms with Crippen LogP contribution in [0.15, 0.2) is 30.3 Å². The molecule has 0 bridgehead atoms. The molecule has 0 aliphatic heterocycles. The average Bonchev–Trinajstić information content (AvgIpc) is 2.47. The maximum atomic E-state index is 9.15. The number of benzene rings is 1. The molecule has 0 aliphatic carbocycles. The van der Waals surface area contributed by atoms with Gasteiger partial charge in [-0.3, -0.25) is 0 Å². The van der Waals surface area contributed by atoms with E-state index in [2.05, 4.69) is 5.10 Å². The Morgan fingerprint density at radius 1 is 1.14 bits per heavy atom. The standard InChI is InChI=1S/C11H12N2O/c1-8-7-9(2)13(12-8)10-3-5-11(14)6-4-10/h3-7,14H,1-2H3. The number of phenols is 1. The lowest BCUT2D eigenvalue weighted by Gasteiger charge is -2.03. The summed E-state index contributed by atoms with van der Waals surface area (Å²) in [5.74, 6) is 0.273. The molecule has 0 aliphatic rings. The number of phenolic OH excluding ortho intramolecular Hbond substituents is 1. The van der Waals surface area contributed by atoms with E-state index < -0.39 is 0 Å². The number of aryl methyl sites for hydroxylation is 2. The van der Waals surface area contributed by atoms with Gasteiger partial charge >= 0.3 is 0 Å². The Labute approximate surface area is 82.6 Å². The molecule has 0 amide bonds. The average molecular weight is 188 g/mol. The maximum Gasteiger partial charge on any atom is 0.115 e. The molecule has 0 saturated carbocycles. The molecule has 14 heavy (non-hydrogen) atoms. The van der Waals surface area contributed by atoms with Crippen LogP contribution in [0.25, 0.3) is 5.69 Å². The normalized spacial score (nSPS) is 10.4. The second kappa shape index (κ2) is 3.18. The molecule has 0 fully saturated rings. The van der Waals surface area contributed by atoms with Crippen LogP contribution < -0.4 is 0 Å². The number of aromatic nitrogens is 2. The van der Waals surface area contributed by atoms with E-state index in [1.165, 1.54) is 0 Å². The summed E-state index contributed by atoms with van der Waals surface area (Å²) in [4.78, 5) is 0. The summed E-state index contributed by atoms with van der Waals surface area (Å²) in [7, 11) is 0. The quantitative estimate of drug-likeness (QED) is 0.745. The van der Waals surface area contributed by atoms with E-state index in [0.717, 1.165) is 17.1 Å². The maximum absolute atomic E-state index is 9.15. The third kappa shape index (κ3) is 1.48. The number of hydrogen-bond acceptors (Lipinski definition) is 2. The molecule has 1 aromatic heterocycles. The highest BCUT2D eigenvalue weighted by molar-refractivity contribution is 5.37. The number of aromatic hydroxyl groups is 1. The van der Waals surface area contributed by atoms with Crippen molar-refractivity contribution in [1.82, 2.24) is 9.78 Å². The van der Waals surface area contributed by atoms with Crippen molar-refractivity contribution in [3.05, 3.63) is 41.7 Å². The fraction of sp³-hybridized carbons (Fsp3) is 0.182. The highest BCUT2D eigenvalue weighted by Crippen LogP contribution is 2.15. The first-order valence-electron chi connectivity index (χ1n) is 4.49. The smallest absolute Gasteiger partial charge is 0.115 e. The van der Waals surface area contributed by atoms with E-state index in [4.69, 9.17) is 5.11 Å². The minimum atomic E-state index is 0.273. The third-order valence-electron chi connectivity index (χ3n) is 2.10. The molecule has 2 aromatic rings. The Bertz CT molecular complexity index is 443. The molecule has 3 nitrogen and oxygen atoms in total. The van der Waals surface area contributed by atoms with Gasteiger partial charge in [-0.2, -0.15) is 5.10 Å². The van der Waals surface area contributed by atoms with Crippen LogP contribution in [-0.2, 0) is 0 Å². The lowest BCUT2D eigenvalue weighted by Crippen LogP contribution is -1.98. The molecule has 3 heteroatoms. The zero-order valence-corrected chi connectivity index (χ0v) is 8.23. The van der Waals surface area contributed by atoms with Crippen LogP contribution in [0.1, 0.15) is 11.4 Å². The Morgan fingerprint density at radius 2 is 1.79 bits per heavy atom. The summed E-state index contributed by atoms with van der Waals surface area (Å²) in [6.45, 7) is 3.97. The van der Waals surface area contributed by atoms with Crippen molar-refractivity contribution in [1.29, 1.82) is 0 Å². The predicted octanol–water partition coefficient (Wildman–Crippen LogP) is 2.19. The van der Waals surface area contributed by atoms with Crippen LogP contribution in [0.4, 0.5) is 0 Å². The fourth-order valence-electron chi connectivity index (χ4n) is 1.48. The van der Waals surface area contributed by atoms with Gasteiger partial charge in [-0.1, -0.05) is 0 Å². The van der Waals surface area contributed by atoms with Gasteiger partial charge in [0.25, 0.3) is 0 Å². The molecule has 1 aromatic carbocycles. The van der Waals surface area contributed by atoms with E-state index in [0.29, 0.717) is 0 Å². The minimum absolute atomic E-state index is 0.273. The zero-order valence-electron chi connectivity index (χ0n) is 8.23. The van der Waals surface area contributed by atoms with Crippen LogP contribution in [0, 0.1) is 13.8 Å². The van der Waals surface area contributed by atoms with Crippen LogP contribution >= 0.6 is 0 Å².